The van der Waals surface area contributed by atoms with Gasteiger partial charge in [0.25, 0.3) is 0 Å². The van der Waals surface area contributed by atoms with Crippen LogP contribution in [0, 0.1) is 13.8 Å². The van der Waals surface area contributed by atoms with E-state index in [2.05, 4.69) is 10.3 Å². The molecule has 0 saturated carbocycles. The Hall–Kier alpha value is -2.69. The third-order valence-electron chi connectivity index (χ3n) is 3.32. The number of carbonyl (C=O) groups excluding carboxylic acids is 1. The summed E-state index contributed by atoms with van der Waals surface area (Å²) >= 11 is 0. The number of anilines is 1. The minimum absolute atomic E-state index is 0.224. The Morgan fingerprint density at radius 1 is 1.24 bits per heavy atom. The maximum Gasteiger partial charge on any atom is 0.221 e. The Kier molecular flexibility index (Phi) is 2.97. The minimum atomic E-state index is -0.292. The lowest BCUT2D eigenvalue weighted by Crippen LogP contribution is -2.18. The summed E-state index contributed by atoms with van der Waals surface area (Å²) in [4.78, 5) is 27.9. The molecule has 1 N–H and O–H groups in total. The number of carbonyl (C=O) groups is 1. The normalized spacial score (nSPS) is 11.0. The maximum absolute atomic E-state index is 12.2. The highest BCUT2D eigenvalue weighted by Gasteiger charge is 2.18. The van der Waals surface area contributed by atoms with Crippen LogP contribution in [0.25, 0.3) is 22.6 Å². The number of benzene rings is 2. The quantitative estimate of drug-likeness (QED) is 0.696. The fraction of sp³-hybridized carbons (Fsp3) is 0.188. The highest BCUT2D eigenvalue weighted by atomic mass is 16.3. The average Bonchev–Trinajstić information content (AvgIpc) is 2.42. The largest absolute Gasteiger partial charge is 0.452 e. The number of nitrogens with zero attached hydrogens (tertiary/aromatic N) is 1. The van der Waals surface area contributed by atoms with Crippen LogP contribution in [-0.4, -0.2) is 10.9 Å². The van der Waals surface area contributed by atoms with Crippen molar-refractivity contribution in [3.8, 4) is 11.5 Å². The van der Waals surface area contributed by atoms with Crippen molar-refractivity contribution < 1.29 is 9.21 Å². The topological polar surface area (TPSA) is 72.2 Å². The summed E-state index contributed by atoms with van der Waals surface area (Å²) in [5.41, 5.74) is 3.36. The van der Waals surface area contributed by atoms with E-state index in [1.807, 2.05) is 25.1 Å². The van der Waals surface area contributed by atoms with Gasteiger partial charge in [-0.05, 0) is 37.6 Å². The molecule has 1 aromatic carbocycles. The monoisotopic (exact) mass is 282 g/mol. The van der Waals surface area contributed by atoms with E-state index >= 15 is 0 Å². The van der Waals surface area contributed by atoms with Gasteiger partial charge in [-0.3, -0.25) is 9.59 Å². The van der Waals surface area contributed by atoms with Crippen molar-refractivity contribution in [3.05, 3.63) is 45.6 Å². The van der Waals surface area contributed by atoms with E-state index in [-0.39, 0.29) is 17.0 Å². The Morgan fingerprint density at radius 3 is 2.71 bits per heavy atom. The molecule has 5 heteroatoms. The van der Waals surface area contributed by atoms with Crippen LogP contribution in [-0.2, 0) is 4.79 Å². The van der Waals surface area contributed by atoms with Gasteiger partial charge in [-0.25, -0.2) is 4.98 Å². The highest BCUT2D eigenvalue weighted by Crippen LogP contribution is 2.28. The second-order valence-corrected chi connectivity index (χ2v) is 5.09. The van der Waals surface area contributed by atoms with E-state index < -0.39 is 0 Å². The lowest BCUT2D eigenvalue weighted by atomic mass is 10.1. The first-order valence-electron chi connectivity index (χ1n) is 6.58. The molecule has 0 radical (unpaired) electrons. The predicted octanol–water partition coefficient (Wildman–Crippen LogP) is 2.87. The van der Waals surface area contributed by atoms with E-state index in [1.54, 1.807) is 13.0 Å². The van der Waals surface area contributed by atoms with Crippen LogP contribution >= 0.6 is 0 Å². The number of aryl methyl sites for hydroxylation is 1. The molecular weight excluding hydrogens is 268 g/mol. The smallest absolute Gasteiger partial charge is 0.221 e. The molecule has 1 amide bonds. The molecule has 21 heavy (non-hydrogen) atoms. The Morgan fingerprint density at radius 2 is 2.00 bits per heavy atom. The molecule has 0 spiro atoms. The van der Waals surface area contributed by atoms with Crippen molar-refractivity contribution in [3.63, 3.8) is 0 Å². The summed E-state index contributed by atoms with van der Waals surface area (Å²) in [5, 5.41) is 2.53. The van der Waals surface area contributed by atoms with Crippen molar-refractivity contribution in [1.82, 2.24) is 4.98 Å². The van der Waals surface area contributed by atoms with Gasteiger partial charge in [-0.1, -0.05) is 6.07 Å². The number of hydrogen-bond acceptors (Lipinski definition) is 4. The van der Waals surface area contributed by atoms with Gasteiger partial charge in [-0.2, -0.15) is 0 Å². The van der Waals surface area contributed by atoms with Gasteiger partial charge < -0.3 is 9.73 Å². The summed E-state index contributed by atoms with van der Waals surface area (Å²) in [5.74, 6) is 0.159. The number of aromatic nitrogens is 1. The molecule has 0 saturated heterocycles. The van der Waals surface area contributed by atoms with Gasteiger partial charge in [0.2, 0.25) is 11.3 Å². The zero-order chi connectivity index (χ0) is 15.1. The molecule has 1 aliphatic carbocycles. The molecule has 0 atom stereocenters. The molecule has 3 rings (SSSR count). The lowest BCUT2D eigenvalue weighted by Gasteiger charge is -2.11. The zero-order valence-electron chi connectivity index (χ0n) is 12.0. The summed E-state index contributed by atoms with van der Waals surface area (Å²) in [7, 11) is 0. The number of amides is 1. The van der Waals surface area contributed by atoms with E-state index in [0.717, 1.165) is 5.56 Å². The second kappa shape index (κ2) is 4.70. The first-order chi connectivity index (χ1) is 9.95. The molecular formula is C16H14N2O3. The van der Waals surface area contributed by atoms with Crippen molar-refractivity contribution >= 4 is 22.7 Å². The molecule has 1 aliphatic heterocycles. The van der Waals surface area contributed by atoms with Gasteiger partial charge in [0.05, 0.1) is 5.69 Å². The molecule has 106 valence electrons. The Bertz CT molecular complexity index is 896. The van der Waals surface area contributed by atoms with Crippen LogP contribution in [0.2, 0.25) is 0 Å². The van der Waals surface area contributed by atoms with Crippen LogP contribution in [0.4, 0.5) is 5.69 Å². The Balaban J connectivity index is 2.35. The molecule has 5 nitrogen and oxygen atoms in total. The van der Waals surface area contributed by atoms with E-state index in [9.17, 15) is 9.59 Å². The molecule has 2 aliphatic rings. The van der Waals surface area contributed by atoms with Crippen molar-refractivity contribution in [2.75, 3.05) is 5.32 Å². The standard InChI is InChI=1S/C16H14N2O3/c1-8-4-5-11-14(6-8)21-16-9(2)15(20)12(17-10(3)19)7-13(16)18-11/h4-7H,1-3H3,(H,17,19). The lowest BCUT2D eigenvalue weighted by molar-refractivity contribution is -0.114. The predicted molar refractivity (Wildman–Crippen MR) is 80.7 cm³/mol. The fourth-order valence-corrected chi connectivity index (χ4v) is 2.29. The van der Waals surface area contributed by atoms with Gasteiger partial charge in [0, 0.05) is 12.5 Å². The van der Waals surface area contributed by atoms with Gasteiger partial charge in [0.15, 0.2) is 11.3 Å². The van der Waals surface area contributed by atoms with Crippen LogP contribution in [0.5, 0.6) is 0 Å². The van der Waals surface area contributed by atoms with E-state index in [1.165, 1.54) is 6.92 Å². The van der Waals surface area contributed by atoms with E-state index in [4.69, 9.17) is 4.42 Å². The van der Waals surface area contributed by atoms with Gasteiger partial charge in [-0.15, -0.1) is 0 Å². The first kappa shape index (κ1) is 13.3. The summed E-state index contributed by atoms with van der Waals surface area (Å²) in [6, 6.07) is 7.24. The van der Waals surface area contributed by atoms with Crippen LogP contribution < -0.4 is 10.7 Å². The third kappa shape index (κ3) is 2.27. The first-order valence-corrected chi connectivity index (χ1v) is 6.58. The number of nitrogens with one attached hydrogen (secondary N) is 1. The van der Waals surface area contributed by atoms with Crippen LogP contribution in [0.3, 0.4) is 0 Å². The van der Waals surface area contributed by atoms with Crippen molar-refractivity contribution in [2.24, 2.45) is 0 Å². The molecule has 0 bridgehead atoms. The molecule has 1 heterocycles. The highest BCUT2D eigenvalue weighted by molar-refractivity contribution is 5.90. The van der Waals surface area contributed by atoms with Crippen molar-refractivity contribution in [2.45, 2.75) is 20.8 Å². The van der Waals surface area contributed by atoms with Crippen LogP contribution in [0.1, 0.15) is 18.1 Å². The third-order valence-corrected chi connectivity index (χ3v) is 3.32. The van der Waals surface area contributed by atoms with E-state index in [0.29, 0.717) is 28.1 Å². The van der Waals surface area contributed by atoms with Crippen LogP contribution in [0.15, 0.2) is 33.5 Å². The van der Waals surface area contributed by atoms with Crippen molar-refractivity contribution in [1.29, 1.82) is 0 Å². The van der Waals surface area contributed by atoms with Gasteiger partial charge >= 0.3 is 0 Å². The van der Waals surface area contributed by atoms with Gasteiger partial charge in [0.1, 0.15) is 11.2 Å². The fourth-order valence-electron chi connectivity index (χ4n) is 2.29. The number of hydrogen-bond donors (Lipinski definition) is 1. The summed E-state index contributed by atoms with van der Waals surface area (Å²) < 4.78 is 5.82. The average molecular weight is 282 g/mol. The molecule has 1 aromatic rings. The molecule has 0 aromatic heterocycles. The number of rotatable bonds is 1. The zero-order valence-corrected chi connectivity index (χ0v) is 12.0. The summed E-state index contributed by atoms with van der Waals surface area (Å²) in [6.07, 6.45) is 0. The second-order valence-electron chi connectivity index (χ2n) is 5.09. The summed E-state index contributed by atoms with van der Waals surface area (Å²) in [6.45, 7) is 4.99. The SMILES string of the molecule is CC(=O)Nc1cc2nc3ccc(C)cc3oc-2c(C)c1=O. The number of fused-ring (bicyclic) bond motifs is 2. The molecule has 0 fully saturated rings. The minimum Gasteiger partial charge on any atom is -0.452 e. The maximum atomic E-state index is 12.2. The Labute approximate surface area is 121 Å². The molecule has 0 unspecified atom stereocenters.